The van der Waals surface area contributed by atoms with Gasteiger partial charge < -0.3 is 4.90 Å². The topological polar surface area (TPSA) is 63.9 Å². The number of carbonyl (C=O) groups is 1. The van der Waals surface area contributed by atoms with E-state index in [0.29, 0.717) is 11.2 Å². The highest BCUT2D eigenvalue weighted by Gasteiger charge is 2.30. The number of aromatic nitrogens is 4. The van der Waals surface area contributed by atoms with Crippen LogP contribution in [0.3, 0.4) is 0 Å². The standard InChI is InChI=1S/C17H23N5OS/c1-3-14-9-7-8-12-21(14)16(23)13(2)24-17-18-19-20-22(17)15-10-5-4-6-11-15/h4-6,10-11,13-14H,3,7-9,12H2,1-2H3. The van der Waals surface area contributed by atoms with Crippen LogP contribution in [0.1, 0.15) is 39.5 Å². The Balaban J connectivity index is 1.72. The monoisotopic (exact) mass is 345 g/mol. The summed E-state index contributed by atoms with van der Waals surface area (Å²) >= 11 is 1.42. The zero-order valence-electron chi connectivity index (χ0n) is 14.1. The maximum atomic E-state index is 12.9. The maximum absolute atomic E-state index is 12.9. The van der Waals surface area contributed by atoms with Crippen molar-refractivity contribution in [1.82, 2.24) is 25.1 Å². The molecule has 2 unspecified atom stereocenters. The van der Waals surface area contributed by atoms with E-state index >= 15 is 0 Å². The summed E-state index contributed by atoms with van der Waals surface area (Å²) in [5.41, 5.74) is 0.897. The fraction of sp³-hybridized carbons (Fsp3) is 0.529. The molecule has 0 N–H and O–H groups in total. The predicted octanol–water partition coefficient (Wildman–Crippen LogP) is 2.93. The molecule has 0 aliphatic carbocycles. The van der Waals surface area contributed by atoms with Gasteiger partial charge in [-0.05, 0) is 55.2 Å². The Morgan fingerprint density at radius 3 is 2.88 bits per heavy atom. The number of carbonyl (C=O) groups excluding carboxylic acids is 1. The van der Waals surface area contributed by atoms with Crippen molar-refractivity contribution in [2.45, 2.75) is 56.0 Å². The molecule has 6 nitrogen and oxygen atoms in total. The van der Waals surface area contributed by atoms with Crippen LogP contribution in [0.25, 0.3) is 5.69 Å². The van der Waals surface area contributed by atoms with Crippen LogP contribution >= 0.6 is 11.8 Å². The van der Waals surface area contributed by atoms with E-state index in [-0.39, 0.29) is 11.2 Å². The van der Waals surface area contributed by atoms with Crippen molar-refractivity contribution in [1.29, 1.82) is 0 Å². The molecule has 1 aromatic carbocycles. The van der Waals surface area contributed by atoms with Gasteiger partial charge in [-0.25, -0.2) is 0 Å². The molecule has 1 saturated heterocycles. The van der Waals surface area contributed by atoms with Gasteiger partial charge in [0.05, 0.1) is 10.9 Å². The van der Waals surface area contributed by atoms with Crippen molar-refractivity contribution >= 4 is 17.7 Å². The Bertz CT molecular complexity index is 675. The Morgan fingerprint density at radius 2 is 2.12 bits per heavy atom. The lowest BCUT2D eigenvalue weighted by Crippen LogP contribution is -2.46. The second kappa shape index (κ2) is 7.79. The van der Waals surface area contributed by atoms with Crippen molar-refractivity contribution in [3.05, 3.63) is 30.3 Å². The summed E-state index contributed by atoms with van der Waals surface area (Å²) in [7, 11) is 0. The maximum Gasteiger partial charge on any atom is 0.236 e. The van der Waals surface area contributed by atoms with E-state index in [0.717, 1.165) is 31.5 Å². The fourth-order valence-corrected chi connectivity index (χ4v) is 4.02. The largest absolute Gasteiger partial charge is 0.339 e. The SMILES string of the molecule is CCC1CCCCN1C(=O)C(C)Sc1nnnn1-c1ccccc1. The Hall–Kier alpha value is -1.89. The minimum Gasteiger partial charge on any atom is -0.339 e. The fourth-order valence-electron chi connectivity index (χ4n) is 3.14. The van der Waals surface area contributed by atoms with E-state index in [1.54, 1.807) is 4.68 Å². The normalized spacial score (nSPS) is 19.2. The van der Waals surface area contributed by atoms with E-state index in [4.69, 9.17) is 0 Å². The smallest absolute Gasteiger partial charge is 0.236 e. The van der Waals surface area contributed by atoms with Gasteiger partial charge in [0.1, 0.15) is 0 Å². The Labute approximate surface area is 146 Å². The lowest BCUT2D eigenvalue weighted by molar-refractivity contribution is -0.134. The molecule has 0 radical (unpaired) electrons. The molecule has 0 saturated carbocycles. The van der Waals surface area contributed by atoms with Gasteiger partial charge in [0.2, 0.25) is 11.1 Å². The van der Waals surface area contributed by atoms with E-state index in [9.17, 15) is 4.79 Å². The first-order chi connectivity index (χ1) is 11.7. The number of piperidine rings is 1. The van der Waals surface area contributed by atoms with Gasteiger partial charge in [0, 0.05) is 12.6 Å². The molecule has 128 valence electrons. The first kappa shape index (κ1) is 17.0. The summed E-state index contributed by atoms with van der Waals surface area (Å²) in [6, 6.07) is 10.1. The number of tetrazole rings is 1. The van der Waals surface area contributed by atoms with Crippen LogP contribution in [0.2, 0.25) is 0 Å². The molecule has 3 rings (SSSR count). The number of benzene rings is 1. The first-order valence-corrected chi connectivity index (χ1v) is 9.39. The summed E-state index contributed by atoms with van der Waals surface area (Å²) in [4.78, 5) is 14.9. The van der Waals surface area contributed by atoms with E-state index < -0.39 is 0 Å². The van der Waals surface area contributed by atoms with Gasteiger partial charge in [-0.15, -0.1) is 5.10 Å². The molecule has 1 aliphatic rings. The minimum atomic E-state index is -0.203. The molecule has 2 atom stereocenters. The summed E-state index contributed by atoms with van der Waals surface area (Å²) in [5.74, 6) is 0.189. The average Bonchev–Trinajstić information content (AvgIpc) is 3.09. The van der Waals surface area contributed by atoms with Gasteiger partial charge in [0.15, 0.2) is 0 Å². The van der Waals surface area contributed by atoms with E-state index in [1.165, 1.54) is 18.2 Å². The highest BCUT2D eigenvalue weighted by molar-refractivity contribution is 8.00. The second-order valence-electron chi connectivity index (χ2n) is 6.06. The van der Waals surface area contributed by atoms with Gasteiger partial charge in [-0.2, -0.15) is 4.68 Å². The van der Waals surface area contributed by atoms with Crippen molar-refractivity contribution in [2.75, 3.05) is 6.54 Å². The third-order valence-corrected chi connectivity index (χ3v) is 5.47. The molecule has 2 heterocycles. The third-order valence-electron chi connectivity index (χ3n) is 4.45. The Morgan fingerprint density at radius 1 is 1.33 bits per heavy atom. The van der Waals surface area contributed by atoms with Gasteiger partial charge >= 0.3 is 0 Å². The summed E-state index contributed by atoms with van der Waals surface area (Å²) in [5, 5.41) is 12.4. The predicted molar refractivity (Wildman–Crippen MR) is 94.1 cm³/mol. The number of rotatable bonds is 5. The highest BCUT2D eigenvalue weighted by atomic mass is 32.2. The number of nitrogens with zero attached hydrogens (tertiary/aromatic N) is 5. The molecular formula is C17H23N5OS. The molecule has 0 bridgehead atoms. The van der Waals surface area contributed by atoms with Crippen molar-refractivity contribution in [3.63, 3.8) is 0 Å². The van der Waals surface area contributed by atoms with Crippen LogP contribution in [0.4, 0.5) is 0 Å². The zero-order valence-corrected chi connectivity index (χ0v) is 14.9. The summed E-state index contributed by atoms with van der Waals surface area (Å²) in [6.45, 7) is 4.97. The molecule has 1 fully saturated rings. The minimum absolute atomic E-state index is 0.189. The van der Waals surface area contributed by atoms with Crippen molar-refractivity contribution in [3.8, 4) is 5.69 Å². The quantitative estimate of drug-likeness (QED) is 0.780. The number of para-hydroxylation sites is 1. The average molecular weight is 345 g/mol. The highest BCUT2D eigenvalue weighted by Crippen LogP contribution is 2.27. The molecule has 2 aromatic rings. The van der Waals surface area contributed by atoms with Crippen LogP contribution in [0, 0.1) is 0 Å². The van der Waals surface area contributed by atoms with Gasteiger partial charge in [0.25, 0.3) is 0 Å². The lowest BCUT2D eigenvalue weighted by atomic mass is 10.00. The summed E-state index contributed by atoms with van der Waals surface area (Å²) < 4.78 is 1.68. The van der Waals surface area contributed by atoms with Gasteiger partial charge in [-0.3, -0.25) is 4.79 Å². The number of likely N-dealkylation sites (tertiary alicyclic amines) is 1. The van der Waals surface area contributed by atoms with Crippen molar-refractivity contribution < 1.29 is 4.79 Å². The van der Waals surface area contributed by atoms with Crippen LogP contribution in [-0.4, -0.2) is 48.9 Å². The first-order valence-electron chi connectivity index (χ1n) is 8.51. The van der Waals surface area contributed by atoms with Crippen molar-refractivity contribution in [2.24, 2.45) is 0 Å². The second-order valence-corrected chi connectivity index (χ2v) is 7.37. The van der Waals surface area contributed by atoms with E-state index in [1.807, 2.05) is 37.3 Å². The van der Waals surface area contributed by atoms with E-state index in [2.05, 4.69) is 27.3 Å². The number of hydrogen-bond acceptors (Lipinski definition) is 5. The molecule has 24 heavy (non-hydrogen) atoms. The number of hydrogen-bond donors (Lipinski definition) is 0. The molecule has 7 heteroatoms. The van der Waals surface area contributed by atoms with Crippen LogP contribution in [0.5, 0.6) is 0 Å². The third kappa shape index (κ3) is 3.61. The zero-order chi connectivity index (χ0) is 16.9. The molecule has 0 spiro atoms. The number of amides is 1. The molecular weight excluding hydrogens is 322 g/mol. The molecule has 1 amide bonds. The molecule has 1 aromatic heterocycles. The van der Waals surface area contributed by atoms with Gasteiger partial charge in [-0.1, -0.05) is 36.9 Å². The van der Waals surface area contributed by atoms with Crippen LogP contribution in [0.15, 0.2) is 35.5 Å². The summed E-state index contributed by atoms with van der Waals surface area (Å²) in [6.07, 6.45) is 4.45. The van der Waals surface area contributed by atoms with Crippen LogP contribution in [-0.2, 0) is 4.79 Å². The van der Waals surface area contributed by atoms with Crippen LogP contribution < -0.4 is 0 Å². The lowest BCUT2D eigenvalue weighted by Gasteiger charge is -2.36. The number of thioether (sulfide) groups is 1. The molecule has 1 aliphatic heterocycles. The Kier molecular flexibility index (Phi) is 5.50.